The maximum atomic E-state index is 14.4. The van der Waals surface area contributed by atoms with Crippen molar-refractivity contribution >= 4 is 22.6 Å². The number of rotatable bonds is 4. The summed E-state index contributed by atoms with van der Waals surface area (Å²) in [5.74, 6) is -0.902. The van der Waals surface area contributed by atoms with Crippen LogP contribution in [0.25, 0.3) is 11.1 Å². The summed E-state index contributed by atoms with van der Waals surface area (Å²) in [7, 11) is 0. The maximum Gasteiger partial charge on any atom is 0.421 e. The Labute approximate surface area is 155 Å². The van der Waals surface area contributed by atoms with Crippen molar-refractivity contribution in [3.05, 3.63) is 64.4 Å². The van der Waals surface area contributed by atoms with E-state index in [2.05, 4.69) is 4.90 Å². The zero-order valence-corrected chi connectivity index (χ0v) is 15.0. The molecule has 0 N–H and O–H groups in total. The Bertz CT molecular complexity index is 1050. The van der Waals surface area contributed by atoms with E-state index in [1.165, 1.54) is 13.0 Å². The van der Waals surface area contributed by atoms with Crippen molar-refractivity contribution in [3.8, 4) is 0 Å². The van der Waals surface area contributed by atoms with Crippen LogP contribution >= 0.6 is 0 Å². The highest BCUT2D eigenvalue weighted by molar-refractivity contribution is 5.94. The van der Waals surface area contributed by atoms with Crippen molar-refractivity contribution in [3.63, 3.8) is 0 Å². The molecule has 1 aliphatic heterocycles. The Balaban J connectivity index is 1.45. The molecule has 140 valence electrons. The summed E-state index contributed by atoms with van der Waals surface area (Å²) in [5.41, 5.74) is 2.23. The fraction of sp³-hybridized carbons (Fsp3) is 0.300. The van der Waals surface area contributed by atoms with E-state index in [1.807, 2.05) is 23.1 Å². The fourth-order valence-corrected chi connectivity index (χ4v) is 3.46. The normalized spacial score (nSPS) is 15.4. The summed E-state index contributed by atoms with van der Waals surface area (Å²) in [5, 5.41) is 0. The number of Topliss-reactive ketones (excluding diaryl/α,β-unsaturated/α-hetero) is 1. The number of nitrogens with zero attached hydrogens (tertiary/aromatic N) is 3. The van der Waals surface area contributed by atoms with Gasteiger partial charge in [-0.15, -0.1) is 0 Å². The third-order valence-corrected chi connectivity index (χ3v) is 4.98. The lowest BCUT2D eigenvalue weighted by Crippen LogP contribution is -2.47. The van der Waals surface area contributed by atoms with Crippen molar-refractivity contribution in [1.82, 2.24) is 9.47 Å². The van der Waals surface area contributed by atoms with E-state index in [1.54, 1.807) is 22.8 Å². The van der Waals surface area contributed by atoms with Gasteiger partial charge in [0.2, 0.25) is 0 Å². The van der Waals surface area contributed by atoms with E-state index in [9.17, 15) is 14.0 Å². The van der Waals surface area contributed by atoms with Gasteiger partial charge in [0.25, 0.3) is 0 Å². The minimum atomic E-state index is -0.381. The van der Waals surface area contributed by atoms with Crippen molar-refractivity contribution in [2.24, 2.45) is 0 Å². The van der Waals surface area contributed by atoms with Crippen LogP contribution in [0.15, 0.2) is 51.7 Å². The molecule has 2 heterocycles. The van der Waals surface area contributed by atoms with Crippen LogP contribution < -0.4 is 10.7 Å². The van der Waals surface area contributed by atoms with Crippen LogP contribution in [0.3, 0.4) is 0 Å². The van der Waals surface area contributed by atoms with Gasteiger partial charge in [-0.2, -0.15) is 0 Å². The number of carbonyl (C=O) groups excluding carboxylic acids is 1. The molecule has 0 unspecified atom stereocenters. The molecular weight excluding hydrogens is 349 g/mol. The lowest BCUT2D eigenvalue weighted by atomic mass is 10.1. The van der Waals surface area contributed by atoms with Crippen molar-refractivity contribution in [1.29, 1.82) is 0 Å². The van der Waals surface area contributed by atoms with Gasteiger partial charge in [-0.1, -0.05) is 12.1 Å². The number of aromatic nitrogens is 1. The second kappa shape index (κ2) is 7.00. The van der Waals surface area contributed by atoms with Crippen molar-refractivity contribution < 1.29 is 13.6 Å². The molecule has 0 saturated carbocycles. The van der Waals surface area contributed by atoms with E-state index < -0.39 is 0 Å². The molecule has 3 aromatic rings. The number of carbonyl (C=O) groups is 1. The van der Waals surface area contributed by atoms with Gasteiger partial charge >= 0.3 is 5.76 Å². The third kappa shape index (κ3) is 3.38. The summed E-state index contributed by atoms with van der Waals surface area (Å²) in [6, 6.07) is 12.0. The molecule has 0 spiro atoms. The van der Waals surface area contributed by atoms with Gasteiger partial charge in [0.15, 0.2) is 11.4 Å². The van der Waals surface area contributed by atoms with Gasteiger partial charge in [-0.05, 0) is 37.3 Å². The molecule has 1 saturated heterocycles. The molecule has 27 heavy (non-hydrogen) atoms. The summed E-state index contributed by atoms with van der Waals surface area (Å²) in [4.78, 5) is 27.6. The van der Waals surface area contributed by atoms with Crippen LogP contribution in [-0.4, -0.2) is 41.4 Å². The van der Waals surface area contributed by atoms with Crippen LogP contribution in [0.4, 0.5) is 10.1 Å². The van der Waals surface area contributed by atoms with Crippen LogP contribution in [0, 0.1) is 5.82 Å². The molecule has 7 heteroatoms. The van der Waals surface area contributed by atoms with Gasteiger partial charge < -0.3 is 9.32 Å². The Morgan fingerprint density at radius 2 is 1.85 bits per heavy atom. The molecule has 1 aliphatic rings. The SMILES string of the molecule is CC(=O)c1ccc(N2CCN(Cn3c(=O)oc4ccccc43)CC2)c(F)c1. The number of ketones is 1. The number of piperazine rings is 1. The van der Waals surface area contributed by atoms with Crippen molar-refractivity contribution in [2.75, 3.05) is 31.1 Å². The van der Waals surface area contributed by atoms with Gasteiger partial charge in [-0.3, -0.25) is 14.3 Å². The molecule has 2 aromatic carbocycles. The number of oxazole rings is 1. The molecule has 0 bridgehead atoms. The van der Waals surface area contributed by atoms with Gasteiger partial charge in [-0.25, -0.2) is 9.18 Å². The number of para-hydroxylation sites is 2. The largest absolute Gasteiger partial charge is 0.421 e. The highest BCUT2D eigenvalue weighted by Gasteiger charge is 2.21. The number of hydrogen-bond donors (Lipinski definition) is 0. The fourth-order valence-electron chi connectivity index (χ4n) is 3.46. The quantitative estimate of drug-likeness (QED) is 0.662. The summed E-state index contributed by atoms with van der Waals surface area (Å²) in [6.45, 7) is 4.53. The predicted molar refractivity (Wildman–Crippen MR) is 101 cm³/mol. The highest BCUT2D eigenvalue weighted by atomic mass is 19.1. The standard InChI is InChI=1S/C20H20FN3O3/c1-14(25)15-6-7-17(16(21)12-15)23-10-8-22(9-11-23)13-24-18-4-2-3-5-19(18)27-20(24)26/h2-7,12H,8-11,13H2,1H3. The lowest BCUT2D eigenvalue weighted by Gasteiger charge is -2.36. The zero-order valence-electron chi connectivity index (χ0n) is 15.0. The number of anilines is 1. The Morgan fingerprint density at radius 1 is 1.11 bits per heavy atom. The van der Waals surface area contributed by atoms with Gasteiger partial charge in [0, 0.05) is 31.7 Å². The molecule has 1 aromatic heterocycles. The molecule has 1 fully saturated rings. The zero-order chi connectivity index (χ0) is 19.0. The number of benzene rings is 2. The third-order valence-electron chi connectivity index (χ3n) is 4.98. The number of fused-ring (bicyclic) bond motifs is 1. The number of hydrogen-bond acceptors (Lipinski definition) is 5. The van der Waals surface area contributed by atoms with E-state index >= 15 is 0 Å². The van der Waals surface area contributed by atoms with Crippen LogP contribution in [0.5, 0.6) is 0 Å². The number of halogens is 1. The minimum absolute atomic E-state index is 0.150. The minimum Gasteiger partial charge on any atom is -0.408 e. The molecule has 6 nitrogen and oxygen atoms in total. The lowest BCUT2D eigenvalue weighted by molar-refractivity contribution is 0.101. The Hall–Kier alpha value is -2.93. The molecule has 0 amide bonds. The second-order valence-corrected chi connectivity index (χ2v) is 6.73. The smallest absolute Gasteiger partial charge is 0.408 e. The summed E-state index contributed by atoms with van der Waals surface area (Å²) in [6.07, 6.45) is 0. The summed E-state index contributed by atoms with van der Waals surface area (Å²) >= 11 is 0. The molecule has 0 atom stereocenters. The predicted octanol–water partition coefficient (Wildman–Crippen LogP) is 2.72. The molecule has 0 radical (unpaired) electrons. The maximum absolute atomic E-state index is 14.4. The van der Waals surface area contributed by atoms with Crippen LogP contribution in [0.1, 0.15) is 17.3 Å². The first-order valence-corrected chi connectivity index (χ1v) is 8.89. The van der Waals surface area contributed by atoms with E-state index in [-0.39, 0.29) is 17.4 Å². The monoisotopic (exact) mass is 369 g/mol. The van der Waals surface area contributed by atoms with Crippen molar-refractivity contribution in [2.45, 2.75) is 13.6 Å². The first-order chi connectivity index (χ1) is 13.0. The molecule has 4 rings (SSSR count). The average molecular weight is 369 g/mol. The molecular formula is C20H20FN3O3. The van der Waals surface area contributed by atoms with Gasteiger partial charge in [0.1, 0.15) is 5.82 Å². The van der Waals surface area contributed by atoms with Crippen LogP contribution in [0.2, 0.25) is 0 Å². The van der Waals surface area contributed by atoms with Crippen LogP contribution in [-0.2, 0) is 6.67 Å². The summed E-state index contributed by atoms with van der Waals surface area (Å²) < 4.78 is 21.2. The molecule has 0 aliphatic carbocycles. The van der Waals surface area contributed by atoms with E-state index in [0.29, 0.717) is 49.7 Å². The Kier molecular flexibility index (Phi) is 4.53. The highest BCUT2D eigenvalue weighted by Crippen LogP contribution is 2.22. The van der Waals surface area contributed by atoms with Gasteiger partial charge in [0.05, 0.1) is 17.9 Å². The van der Waals surface area contributed by atoms with E-state index in [0.717, 1.165) is 5.52 Å². The Morgan fingerprint density at radius 3 is 2.56 bits per heavy atom. The first-order valence-electron chi connectivity index (χ1n) is 8.89. The van der Waals surface area contributed by atoms with E-state index in [4.69, 9.17) is 4.42 Å². The average Bonchev–Trinajstić information content (AvgIpc) is 2.98. The first kappa shape index (κ1) is 17.5. The second-order valence-electron chi connectivity index (χ2n) is 6.73. The topological polar surface area (TPSA) is 58.7 Å².